The summed E-state index contributed by atoms with van der Waals surface area (Å²) in [5.41, 5.74) is 3.78. The molecule has 0 bridgehead atoms. The number of rotatable bonds is 9. The fourth-order valence-electron chi connectivity index (χ4n) is 3.91. The van der Waals surface area contributed by atoms with E-state index >= 15 is 0 Å². The number of carbonyl (C=O) groups is 1. The molecule has 6 heteroatoms. The van der Waals surface area contributed by atoms with Crippen molar-refractivity contribution >= 4 is 12.1 Å². The number of hydrogen-bond donors (Lipinski definition) is 0. The highest BCUT2D eigenvalue weighted by Gasteiger charge is 2.16. The highest BCUT2D eigenvalue weighted by molar-refractivity contribution is 5.52. The van der Waals surface area contributed by atoms with Gasteiger partial charge in [-0.2, -0.15) is 0 Å². The zero-order valence-electron chi connectivity index (χ0n) is 18.1. The summed E-state index contributed by atoms with van der Waals surface area (Å²) < 4.78 is 8.46. The van der Waals surface area contributed by atoms with Gasteiger partial charge in [-0.25, -0.2) is 4.98 Å². The molecule has 1 atom stereocenters. The van der Waals surface area contributed by atoms with E-state index in [1.807, 2.05) is 29.6 Å². The number of aryl methyl sites for hydroxylation is 2. The second kappa shape index (κ2) is 10.2. The van der Waals surface area contributed by atoms with Crippen LogP contribution in [0.3, 0.4) is 0 Å². The first kappa shape index (κ1) is 21.0. The van der Waals surface area contributed by atoms with Gasteiger partial charge in [-0.05, 0) is 49.6 Å². The van der Waals surface area contributed by atoms with Crippen LogP contribution in [-0.4, -0.2) is 53.1 Å². The molecule has 0 radical (unpaired) electrons. The standard InChI is InChI=1S/C25H30N4O2/c1-21-2-4-22(5-3-21)6-9-25(18-28-13-12-26-19-28)31-24-10-7-23(8-11-24)29-16-14-27(20-30)15-17-29/h2-5,7-8,10-13,19-20,25H,6,9,14-18H2,1H3. The summed E-state index contributed by atoms with van der Waals surface area (Å²) in [7, 11) is 0. The Morgan fingerprint density at radius 3 is 2.42 bits per heavy atom. The molecule has 1 aliphatic heterocycles. The van der Waals surface area contributed by atoms with Gasteiger partial charge in [0.2, 0.25) is 6.41 Å². The molecule has 31 heavy (non-hydrogen) atoms. The van der Waals surface area contributed by atoms with Gasteiger partial charge in [0.1, 0.15) is 11.9 Å². The minimum Gasteiger partial charge on any atom is -0.489 e. The largest absolute Gasteiger partial charge is 0.489 e. The molecular formula is C25H30N4O2. The molecule has 1 amide bonds. The van der Waals surface area contributed by atoms with Crippen LogP contribution in [0.4, 0.5) is 5.69 Å². The first-order chi connectivity index (χ1) is 15.2. The van der Waals surface area contributed by atoms with Gasteiger partial charge in [0.05, 0.1) is 12.9 Å². The number of nitrogens with zero attached hydrogens (tertiary/aromatic N) is 4. The van der Waals surface area contributed by atoms with Crippen LogP contribution in [-0.2, 0) is 17.8 Å². The van der Waals surface area contributed by atoms with Crippen LogP contribution in [0.15, 0.2) is 67.3 Å². The highest BCUT2D eigenvalue weighted by atomic mass is 16.5. The number of anilines is 1. The molecule has 2 aromatic carbocycles. The third kappa shape index (κ3) is 5.87. The fraction of sp³-hybridized carbons (Fsp3) is 0.360. The molecule has 0 saturated carbocycles. The SMILES string of the molecule is Cc1ccc(CCC(Cn2ccnc2)Oc2ccc(N3CCN(C=O)CC3)cc2)cc1. The number of piperazine rings is 1. The Hall–Kier alpha value is -3.28. The van der Waals surface area contributed by atoms with Crippen LogP contribution in [0, 0.1) is 6.92 Å². The summed E-state index contributed by atoms with van der Waals surface area (Å²) in [6, 6.07) is 17.0. The van der Waals surface area contributed by atoms with Gasteiger partial charge in [0, 0.05) is 44.3 Å². The summed E-state index contributed by atoms with van der Waals surface area (Å²) in [4.78, 5) is 19.2. The quantitative estimate of drug-likeness (QED) is 0.499. The molecule has 1 unspecified atom stereocenters. The summed E-state index contributed by atoms with van der Waals surface area (Å²) in [6.45, 7) is 6.14. The van der Waals surface area contributed by atoms with Crippen molar-refractivity contribution in [3.05, 3.63) is 78.4 Å². The number of hydrogen-bond acceptors (Lipinski definition) is 4. The molecule has 1 aliphatic rings. The van der Waals surface area contributed by atoms with Crippen molar-refractivity contribution in [2.45, 2.75) is 32.4 Å². The van der Waals surface area contributed by atoms with Crippen molar-refractivity contribution in [1.82, 2.24) is 14.5 Å². The Morgan fingerprint density at radius 1 is 1.03 bits per heavy atom. The summed E-state index contributed by atoms with van der Waals surface area (Å²) in [5.74, 6) is 0.879. The lowest BCUT2D eigenvalue weighted by molar-refractivity contribution is -0.118. The van der Waals surface area contributed by atoms with Crippen molar-refractivity contribution in [1.29, 1.82) is 0 Å². The summed E-state index contributed by atoms with van der Waals surface area (Å²) in [6.07, 6.45) is 8.50. The minimum atomic E-state index is 0.0532. The molecule has 0 N–H and O–H groups in total. The summed E-state index contributed by atoms with van der Waals surface area (Å²) in [5, 5.41) is 0. The second-order valence-electron chi connectivity index (χ2n) is 8.15. The molecule has 1 aromatic heterocycles. The van der Waals surface area contributed by atoms with Crippen LogP contribution < -0.4 is 9.64 Å². The van der Waals surface area contributed by atoms with Crippen molar-refractivity contribution in [3.8, 4) is 5.75 Å². The molecule has 1 saturated heterocycles. The van der Waals surface area contributed by atoms with Crippen molar-refractivity contribution in [2.24, 2.45) is 0 Å². The molecule has 4 rings (SSSR count). The third-order valence-corrected chi connectivity index (χ3v) is 5.82. The Labute approximate surface area is 184 Å². The van der Waals surface area contributed by atoms with E-state index in [-0.39, 0.29) is 6.10 Å². The third-order valence-electron chi connectivity index (χ3n) is 5.82. The van der Waals surface area contributed by atoms with Gasteiger partial charge in [-0.1, -0.05) is 29.8 Å². The second-order valence-corrected chi connectivity index (χ2v) is 8.15. The van der Waals surface area contributed by atoms with Gasteiger partial charge < -0.3 is 19.1 Å². The van der Waals surface area contributed by atoms with Crippen molar-refractivity contribution < 1.29 is 9.53 Å². The number of amides is 1. The Bertz CT molecular complexity index is 931. The van der Waals surface area contributed by atoms with Crippen LogP contribution in [0.1, 0.15) is 17.5 Å². The van der Waals surface area contributed by atoms with Gasteiger partial charge in [0.15, 0.2) is 0 Å². The van der Waals surface area contributed by atoms with Crippen LogP contribution in [0.25, 0.3) is 0 Å². The molecule has 0 spiro atoms. The average molecular weight is 419 g/mol. The van der Waals surface area contributed by atoms with Crippen LogP contribution >= 0.6 is 0 Å². The van der Waals surface area contributed by atoms with Crippen molar-refractivity contribution in [3.63, 3.8) is 0 Å². The predicted octanol–water partition coefficient (Wildman–Crippen LogP) is 3.55. The van der Waals surface area contributed by atoms with Gasteiger partial charge in [-0.3, -0.25) is 4.79 Å². The normalized spacial score (nSPS) is 15.0. The number of imidazole rings is 1. The number of ether oxygens (including phenoxy) is 1. The maximum Gasteiger partial charge on any atom is 0.209 e. The fourth-order valence-corrected chi connectivity index (χ4v) is 3.91. The topological polar surface area (TPSA) is 50.6 Å². The van der Waals surface area contributed by atoms with Crippen molar-refractivity contribution in [2.75, 3.05) is 31.1 Å². The van der Waals surface area contributed by atoms with Gasteiger partial charge >= 0.3 is 0 Å². The maximum atomic E-state index is 10.9. The zero-order valence-corrected chi connectivity index (χ0v) is 18.1. The van der Waals surface area contributed by atoms with E-state index in [1.165, 1.54) is 16.8 Å². The van der Waals surface area contributed by atoms with E-state index in [0.717, 1.165) is 57.7 Å². The molecule has 0 aliphatic carbocycles. The molecular weight excluding hydrogens is 388 g/mol. The Balaban J connectivity index is 1.38. The molecule has 6 nitrogen and oxygen atoms in total. The first-order valence-corrected chi connectivity index (χ1v) is 10.9. The smallest absolute Gasteiger partial charge is 0.209 e. The van der Waals surface area contributed by atoms with Gasteiger partial charge in [0.25, 0.3) is 0 Å². The Morgan fingerprint density at radius 2 is 1.77 bits per heavy atom. The van der Waals surface area contributed by atoms with Crippen LogP contribution in [0.2, 0.25) is 0 Å². The zero-order chi connectivity index (χ0) is 21.5. The average Bonchev–Trinajstić information content (AvgIpc) is 3.32. The summed E-state index contributed by atoms with van der Waals surface area (Å²) >= 11 is 0. The Kier molecular flexibility index (Phi) is 6.87. The number of aromatic nitrogens is 2. The van der Waals surface area contributed by atoms with E-state index in [1.54, 1.807) is 6.20 Å². The molecule has 1 fully saturated rings. The lowest BCUT2D eigenvalue weighted by Gasteiger charge is -2.34. The predicted molar refractivity (Wildman–Crippen MR) is 122 cm³/mol. The van der Waals surface area contributed by atoms with E-state index in [2.05, 4.69) is 57.8 Å². The highest BCUT2D eigenvalue weighted by Crippen LogP contribution is 2.23. The minimum absolute atomic E-state index is 0.0532. The number of benzene rings is 2. The lowest BCUT2D eigenvalue weighted by atomic mass is 10.1. The number of carbonyl (C=O) groups excluding carboxylic acids is 1. The maximum absolute atomic E-state index is 10.9. The first-order valence-electron chi connectivity index (χ1n) is 10.9. The van der Waals surface area contributed by atoms with E-state index < -0.39 is 0 Å². The molecule has 162 valence electrons. The monoisotopic (exact) mass is 418 g/mol. The van der Waals surface area contributed by atoms with E-state index in [0.29, 0.717) is 0 Å². The van der Waals surface area contributed by atoms with E-state index in [4.69, 9.17) is 4.74 Å². The lowest BCUT2D eigenvalue weighted by Crippen LogP contribution is -2.45. The molecule has 3 aromatic rings. The van der Waals surface area contributed by atoms with Crippen LogP contribution in [0.5, 0.6) is 5.75 Å². The van der Waals surface area contributed by atoms with E-state index in [9.17, 15) is 4.79 Å². The van der Waals surface area contributed by atoms with Gasteiger partial charge in [-0.15, -0.1) is 0 Å². The molecule has 2 heterocycles.